The van der Waals surface area contributed by atoms with Gasteiger partial charge in [-0.1, -0.05) is 24.8 Å². The second-order valence-electron chi connectivity index (χ2n) is 7.61. The van der Waals surface area contributed by atoms with Gasteiger partial charge in [0.05, 0.1) is 23.0 Å². The average molecular weight is 467 g/mol. The summed E-state index contributed by atoms with van der Waals surface area (Å²) < 4.78 is 32.5. The molecule has 10 heteroatoms. The van der Waals surface area contributed by atoms with E-state index in [2.05, 4.69) is 11.3 Å². The Morgan fingerprint density at radius 2 is 2.06 bits per heavy atom. The predicted molar refractivity (Wildman–Crippen MR) is 117 cm³/mol. The number of carbonyl (C=O) groups excluding carboxylic acids is 2. The number of sulfonamides is 1. The molecule has 2 heterocycles. The number of aliphatic hydroxyl groups is 1. The lowest BCUT2D eigenvalue weighted by Gasteiger charge is -2.44. The van der Waals surface area contributed by atoms with Crippen molar-refractivity contribution in [3.8, 4) is 0 Å². The summed E-state index contributed by atoms with van der Waals surface area (Å²) >= 11 is 1.31. The van der Waals surface area contributed by atoms with Crippen molar-refractivity contribution in [1.82, 2.24) is 9.62 Å². The molecular weight excluding hydrogens is 440 g/mol. The summed E-state index contributed by atoms with van der Waals surface area (Å²) in [4.78, 5) is 27.4. The van der Waals surface area contributed by atoms with Crippen LogP contribution in [0.15, 0.2) is 58.0 Å². The predicted octanol–water partition coefficient (Wildman–Crippen LogP) is 1.64. The molecule has 0 bridgehead atoms. The third-order valence-electron chi connectivity index (χ3n) is 5.05. The molecule has 1 aromatic carbocycles. The van der Waals surface area contributed by atoms with Crippen LogP contribution in [0, 0.1) is 5.92 Å². The lowest BCUT2D eigenvalue weighted by Crippen LogP contribution is -2.61. The molecule has 0 aromatic heterocycles. The van der Waals surface area contributed by atoms with Crippen LogP contribution in [0.4, 0.5) is 0 Å². The van der Waals surface area contributed by atoms with Crippen LogP contribution < -0.4 is 4.72 Å². The monoisotopic (exact) mass is 466 g/mol. The maximum Gasteiger partial charge on any atom is 0.356 e. The molecule has 3 atom stereocenters. The number of hydrogen-bond donors (Lipinski definition) is 2. The first-order valence-corrected chi connectivity index (χ1v) is 12.3. The molecule has 0 radical (unpaired) electrons. The maximum absolute atomic E-state index is 12.6. The fourth-order valence-electron chi connectivity index (χ4n) is 3.64. The zero-order valence-electron chi connectivity index (χ0n) is 17.4. The molecule has 1 saturated heterocycles. The minimum absolute atomic E-state index is 0.0453. The Morgan fingerprint density at radius 3 is 2.68 bits per heavy atom. The summed E-state index contributed by atoms with van der Waals surface area (Å²) in [6.07, 6.45) is -0.391. The van der Waals surface area contributed by atoms with Crippen molar-refractivity contribution in [2.24, 2.45) is 5.92 Å². The van der Waals surface area contributed by atoms with Crippen LogP contribution in [0.5, 0.6) is 0 Å². The summed E-state index contributed by atoms with van der Waals surface area (Å²) in [6.45, 7) is 7.18. The molecule has 31 heavy (non-hydrogen) atoms. The first-order chi connectivity index (χ1) is 14.6. The SMILES string of the molecule is C=C(C)COC(=O)C1=C(SCCNS(=O)(=O)c2ccccc2)C[C@@H]2[C@@H]([C@@H](C)O)C(=O)N12. The standard InChI is InChI=1S/C21H26N2O6S2/c1-13(2)12-29-21(26)19-17(11-16-18(14(3)24)20(25)23(16)19)30-10-9-22-31(27,28)15-7-5-4-6-8-15/h4-8,14,16,18,22,24H,1,9-12H2,2-3H3/t14-,16-,18-/m1/s1. The van der Waals surface area contributed by atoms with Crippen LogP contribution in [0.1, 0.15) is 20.3 Å². The molecule has 3 rings (SSSR count). The van der Waals surface area contributed by atoms with Gasteiger partial charge in [-0.15, -0.1) is 11.8 Å². The van der Waals surface area contributed by atoms with Gasteiger partial charge in [0.15, 0.2) is 0 Å². The van der Waals surface area contributed by atoms with E-state index in [0.29, 0.717) is 22.7 Å². The normalized spacial score (nSPS) is 21.5. The number of β-lactam (4-membered cyclic amide) rings is 1. The highest BCUT2D eigenvalue weighted by atomic mass is 32.2. The van der Waals surface area contributed by atoms with E-state index in [4.69, 9.17) is 4.74 Å². The van der Waals surface area contributed by atoms with Crippen LogP contribution in [0.3, 0.4) is 0 Å². The molecule has 168 valence electrons. The number of esters is 1. The second-order valence-corrected chi connectivity index (χ2v) is 10.6. The molecule has 0 saturated carbocycles. The molecule has 2 aliphatic rings. The Kier molecular flexibility index (Phi) is 7.25. The first-order valence-electron chi connectivity index (χ1n) is 9.86. The number of nitrogens with zero attached hydrogens (tertiary/aromatic N) is 1. The van der Waals surface area contributed by atoms with Crippen molar-refractivity contribution >= 4 is 33.7 Å². The van der Waals surface area contributed by atoms with Crippen LogP contribution in [0.2, 0.25) is 0 Å². The van der Waals surface area contributed by atoms with Gasteiger partial charge in [-0.25, -0.2) is 17.9 Å². The molecular formula is C21H26N2O6S2. The average Bonchev–Trinajstić information content (AvgIpc) is 3.04. The van der Waals surface area contributed by atoms with Crippen LogP contribution >= 0.6 is 11.8 Å². The van der Waals surface area contributed by atoms with Gasteiger partial charge in [-0.3, -0.25) is 4.79 Å². The highest BCUT2D eigenvalue weighted by Gasteiger charge is 2.56. The summed E-state index contributed by atoms with van der Waals surface area (Å²) in [5.41, 5.74) is 0.855. The molecule has 1 aromatic rings. The Bertz CT molecular complexity index is 1000. The molecule has 0 spiro atoms. The van der Waals surface area contributed by atoms with Crippen LogP contribution in [-0.2, 0) is 24.3 Å². The van der Waals surface area contributed by atoms with E-state index < -0.39 is 28.0 Å². The number of fused-ring (bicyclic) bond motifs is 1. The Labute approximate surface area is 186 Å². The highest BCUT2D eigenvalue weighted by molar-refractivity contribution is 8.03. The largest absolute Gasteiger partial charge is 0.456 e. The van der Waals surface area contributed by atoms with E-state index in [1.807, 2.05) is 0 Å². The maximum atomic E-state index is 12.6. The van der Waals surface area contributed by atoms with Gasteiger partial charge in [-0.2, -0.15) is 0 Å². The Morgan fingerprint density at radius 1 is 1.39 bits per heavy atom. The van der Waals surface area contributed by atoms with E-state index in [-0.39, 0.29) is 35.7 Å². The van der Waals surface area contributed by atoms with Crippen molar-refractivity contribution in [2.75, 3.05) is 18.9 Å². The Balaban J connectivity index is 1.67. The molecule has 2 N–H and O–H groups in total. The summed E-state index contributed by atoms with van der Waals surface area (Å²) in [5.74, 6) is -1.11. The van der Waals surface area contributed by atoms with Gasteiger partial charge < -0.3 is 14.7 Å². The van der Waals surface area contributed by atoms with E-state index in [1.54, 1.807) is 32.0 Å². The summed E-state index contributed by atoms with van der Waals surface area (Å²) in [6, 6.07) is 7.77. The van der Waals surface area contributed by atoms with Crippen LogP contribution in [0.25, 0.3) is 0 Å². The number of thioether (sulfide) groups is 1. The molecule has 2 aliphatic heterocycles. The lowest BCUT2D eigenvalue weighted by molar-refractivity contribution is -0.162. The van der Waals surface area contributed by atoms with Gasteiger partial charge in [0, 0.05) is 23.6 Å². The van der Waals surface area contributed by atoms with Crippen molar-refractivity contribution in [1.29, 1.82) is 0 Å². The number of amides is 1. The molecule has 0 aliphatic carbocycles. The van der Waals surface area contributed by atoms with Crippen LogP contribution in [-0.4, -0.2) is 61.4 Å². The molecule has 0 unspecified atom stereocenters. The number of aliphatic hydroxyl groups excluding tert-OH is 1. The number of hydrogen-bond acceptors (Lipinski definition) is 7. The van der Waals surface area contributed by atoms with E-state index in [0.717, 1.165) is 0 Å². The number of carbonyl (C=O) groups is 2. The summed E-state index contributed by atoms with van der Waals surface area (Å²) in [5, 5.41) is 9.91. The van der Waals surface area contributed by atoms with Gasteiger partial charge in [0.1, 0.15) is 12.3 Å². The van der Waals surface area contributed by atoms with E-state index >= 15 is 0 Å². The fraction of sp³-hybridized carbons (Fsp3) is 0.429. The minimum Gasteiger partial charge on any atom is -0.456 e. The zero-order valence-corrected chi connectivity index (χ0v) is 19.0. The lowest BCUT2D eigenvalue weighted by atomic mass is 9.83. The molecule has 1 fully saturated rings. The topological polar surface area (TPSA) is 113 Å². The highest BCUT2D eigenvalue weighted by Crippen LogP contribution is 2.47. The van der Waals surface area contributed by atoms with Crippen molar-refractivity contribution < 1.29 is 27.9 Å². The molecule has 8 nitrogen and oxygen atoms in total. The Hall–Kier alpha value is -2.14. The number of ether oxygens (including phenoxy) is 1. The summed E-state index contributed by atoms with van der Waals surface area (Å²) in [7, 11) is -3.62. The van der Waals surface area contributed by atoms with Crippen molar-refractivity contribution in [2.45, 2.75) is 37.3 Å². The second kappa shape index (κ2) is 9.56. The third kappa shape index (κ3) is 5.03. The van der Waals surface area contributed by atoms with Crippen molar-refractivity contribution in [3.05, 3.63) is 53.1 Å². The number of benzene rings is 1. The minimum atomic E-state index is -3.62. The van der Waals surface area contributed by atoms with Gasteiger partial charge >= 0.3 is 5.97 Å². The molecule has 1 amide bonds. The van der Waals surface area contributed by atoms with Gasteiger partial charge in [0.25, 0.3) is 0 Å². The third-order valence-corrected chi connectivity index (χ3v) is 7.65. The van der Waals surface area contributed by atoms with E-state index in [1.165, 1.54) is 28.8 Å². The van der Waals surface area contributed by atoms with E-state index in [9.17, 15) is 23.1 Å². The van der Waals surface area contributed by atoms with Crippen molar-refractivity contribution in [3.63, 3.8) is 0 Å². The number of nitrogens with one attached hydrogen (secondary N) is 1. The zero-order chi connectivity index (χ0) is 22.8. The fourth-order valence-corrected chi connectivity index (χ4v) is 5.88. The van der Waals surface area contributed by atoms with Gasteiger partial charge in [-0.05, 0) is 31.6 Å². The van der Waals surface area contributed by atoms with Gasteiger partial charge in [0.2, 0.25) is 15.9 Å². The smallest absolute Gasteiger partial charge is 0.356 e. The number of rotatable bonds is 10. The first kappa shape index (κ1) is 23.5. The quantitative estimate of drug-likeness (QED) is 0.233.